The minimum Gasteiger partial charge on any atom is -0.497 e. The fraction of sp³-hybridized carbons (Fsp3) is 0.350. The molecule has 0 spiro atoms. The summed E-state index contributed by atoms with van der Waals surface area (Å²) in [4.78, 5) is 11.8. The monoisotopic (exact) mass is 297 g/mol. The zero-order valence-corrected chi connectivity index (χ0v) is 13.8. The third-order valence-electron chi connectivity index (χ3n) is 4.02. The summed E-state index contributed by atoms with van der Waals surface area (Å²) in [6.07, 6.45) is 0.172. The van der Waals surface area contributed by atoms with Gasteiger partial charge in [-0.15, -0.1) is 0 Å². The van der Waals surface area contributed by atoms with Crippen LogP contribution in [0.5, 0.6) is 5.75 Å². The molecule has 116 valence electrons. The first-order valence-electron chi connectivity index (χ1n) is 8.23. The maximum Gasteiger partial charge on any atom is 0.132 e. The quantitative estimate of drug-likeness (QED) is 0.758. The maximum atomic E-state index is 11.8. The number of hydrogen-bond donors (Lipinski definition) is 0. The molecule has 0 aliphatic rings. The molecule has 0 aliphatic heterocycles. The van der Waals surface area contributed by atoms with Crippen molar-refractivity contribution < 1.29 is 10.9 Å². The highest BCUT2D eigenvalue weighted by Crippen LogP contribution is 2.29. The number of carbonyl (C=O) groups excluding carboxylic acids is 1. The van der Waals surface area contributed by atoms with Gasteiger partial charge in [-0.05, 0) is 60.2 Å². The van der Waals surface area contributed by atoms with Gasteiger partial charge in [0.25, 0.3) is 0 Å². The van der Waals surface area contributed by atoms with E-state index in [2.05, 4.69) is 26.0 Å². The van der Waals surface area contributed by atoms with Crippen molar-refractivity contribution in [2.24, 2.45) is 0 Å². The second-order valence-electron chi connectivity index (χ2n) is 5.55. The Morgan fingerprint density at radius 2 is 1.77 bits per heavy atom. The Labute approximate surface area is 134 Å². The van der Waals surface area contributed by atoms with Crippen LogP contribution < -0.4 is 4.74 Å². The lowest BCUT2D eigenvalue weighted by Gasteiger charge is -2.13. The average Bonchev–Trinajstić information content (AvgIpc) is 2.57. The Kier molecular flexibility index (Phi) is 4.89. The minimum atomic E-state index is -0.695. The van der Waals surface area contributed by atoms with Crippen LogP contribution in [0.15, 0.2) is 36.4 Å². The molecule has 0 aliphatic carbocycles. The van der Waals surface area contributed by atoms with E-state index in [0.717, 1.165) is 22.4 Å². The third-order valence-corrected chi connectivity index (χ3v) is 4.02. The van der Waals surface area contributed by atoms with E-state index in [-0.39, 0.29) is 5.78 Å². The lowest BCUT2D eigenvalue weighted by atomic mass is 9.91. The molecule has 2 nitrogen and oxygen atoms in total. The first-order valence-corrected chi connectivity index (χ1v) is 7.65. The van der Waals surface area contributed by atoms with Gasteiger partial charge in [-0.2, -0.15) is 0 Å². The van der Waals surface area contributed by atoms with Crippen molar-refractivity contribution in [2.45, 2.75) is 40.0 Å². The van der Waals surface area contributed by atoms with Gasteiger partial charge in [0.2, 0.25) is 0 Å². The van der Waals surface area contributed by atoms with Crippen LogP contribution in [0.3, 0.4) is 0 Å². The lowest BCUT2D eigenvalue weighted by Crippen LogP contribution is -2.00. The predicted molar refractivity (Wildman–Crippen MR) is 91.5 cm³/mol. The van der Waals surface area contributed by atoms with E-state index in [4.69, 9.17) is 6.11 Å². The van der Waals surface area contributed by atoms with E-state index in [1.807, 2.05) is 31.2 Å². The van der Waals surface area contributed by atoms with Gasteiger partial charge in [0.15, 0.2) is 0 Å². The Hall–Kier alpha value is -2.09. The molecule has 0 N–H and O–H groups in total. The van der Waals surface area contributed by atoms with Gasteiger partial charge in [-0.1, -0.05) is 31.2 Å². The number of hydrogen-bond acceptors (Lipinski definition) is 2. The summed E-state index contributed by atoms with van der Waals surface area (Å²) in [6.45, 7) is 5.97. The zero-order chi connectivity index (χ0) is 17.0. The molecule has 0 bridgehead atoms. The Morgan fingerprint density at radius 1 is 1.14 bits per heavy atom. The van der Waals surface area contributed by atoms with Gasteiger partial charge in [0.05, 0.1) is 7.11 Å². The topological polar surface area (TPSA) is 26.3 Å². The molecule has 1 unspecified atom stereocenters. The van der Waals surface area contributed by atoms with E-state index in [9.17, 15) is 4.79 Å². The summed E-state index contributed by atoms with van der Waals surface area (Å²) in [7, 11) is 1.65. The van der Waals surface area contributed by atoms with Crippen LogP contribution in [-0.2, 0) is 11.2 Å². The van der Waals surface area contributed by atoms with Crippen LogP contribution >= 0.6 is 0 Å². The minimum absolute atomic E-state index is 0.0103. The van der Waals surface area contributed by atoms with Gasteiger partial charge in [0, 0.05) is 14.2 Å². The van der Waals surface area contributed by atoms with E-state index in [1.54, 1.807) is 7.11 Å². The van der Waals surface area contributed by atoms with Crippen LogP contribution in [0, 0.1) is 13.8 Å². The number of Topliss-reactive ketones (excluding diaryl/α,β-unsaturated/α-hetero) is 1. The van der Waals surface area contributed by atoms with Gasteiger partial charge in [0.1, 0.15) is 11.5 Å². The van der Waals surface area contributed by atoms with Crippen LogP contribution in [0.25, 0.3) is 11.1 Å². The summed E-state index contributed by atoms with van der Waals surface area (Å²) in [5.41, 5.74) is 5.63. The highest BCUT2D eigenvalue weighted by molar-refractivity contribution is 5.79. The number of ketones is 1. The first kappa shape index (κ1) is 14.8. The molecular formula is C20H24O2. The lowest BCUT2D eigenvalue weighted by molar-refractivity contribution is -0.118. The van der Waals surface area contributed by atoms with Crippen molar-refractivity contribution in [2.75, 3.05) is 7.11 Å². The molecule has 2 aromatic carbocycles. The van der Waals surface area contributed by atoms with E-state index in [0.29, 0.717) is 12.8 Å². The third kappa shape index (κ3) is 3.76. The van der Waals surface area contributed by atoms with Crippen LogP contribution in [0.4, 0.5) is 0 Å². The molecule has 0 radical (unpaired) electrons. The van der Waals surface area contributed by atoms with E-state index < -0.39 is 6.40 Å². The second kappa shape index (κ2) is 7.26. The van der Waals surface area contributed by atoms with Gasteiger partial charge in [-0.3, -0.25) is 4.79 Å². The largest absolute Gasteiger partial charge is 0.497 e. The molecule has 0 saturated heterocycles. The van der Waals surface area contributed by atoms with Crippen molar-refractivity contribution in [3.8, 4) is 16.9 Å². The standard InChI is InChI=1S/C20H24O2/c1-5-18(21)9-6-17-12-14(2)15(3)13-20(17)16-7-10-19(22-4)11-8-16/h7-8,10-13H,5-6,9H2,1-4H3/i9D. The van der Waals surface area contributed by atoms with E-state index >= 15 is 0 Å². The fourth-order valence-electron chi connectivity index (χ4n) is 2.45. The maximum absolute atomic E-state index is 11.8. The average molecular weight is 297 g/mol. The van der Waals surface area contributed by atoms with Gasteiger partial charge < -0.3 is 4.74 Å². The molecule has 0 heterocycles. The number of carbonyl (C=O) groups is 1. The van der Waals surface area contributed by atoms with Crippen LogP contribution in [0.1, 0.15) is 37.8 Å². The number of benzene rings is 2. The number of ether oxygens (including phenoxy) is 1. The van der Waals surface area contributed by atoms with Crippen molar-refractivity contribution >= 4 is 5.78 Å². The Balaban J connectivity index is 2.44. The molecule has 22 heavy (non-hydrogen) atoms. The van der Waals surface area contributed by atoms with Crippen molar-refractivity contribution in [3.63, 3.8) is 0 Å². The van der Waals surface area contributed by atoms with Gasteiger partial charge in [-0.25, -0.2) is 0 Å². The molecule has 2 heteroatoms. The summed E-state index contributed by atoms with van der Waals surface area (Å²) >= 11 is 0. The summed E-state index contributed by atoms with van der Waals surface area (Å²) in [5.74, 6) is 0.808. The Morgan fingerprint density at radius 3 is 2.36 bits per heavy atom. The normalized spacial score (nSPS) is 12.6. The molecule has 1 atom stereocenters. The fourth-order valence-corrected chi connectivity index (χ4v) is 2.45. The highest BCUT2D eigenvalue weighted by Gasteiger charge is 2.10. The van der Waals surface area contributed by atoms with E-state index in [1.165, 1.54) is 11.1 Å². The molecule has 0 aromatic heterocycles. The first-order chi connectivity index (χ1) is 11.0. The van der Waals surface area contributed by atoms with Crippen molar-refractivity contribution in [1.82, 2.24) is 0 Å². The number of methoxy groups -OCH3 is 1. The van der Waals surface area contributed by atoms with Crippen molar-refractivity contribution in [1.29, 1.82) is 0 Å². The molecule has 0 saturated carbocycles. The second-order valence-corrected chi connectivity index (χ2v) is 5.55. The molecule has 0 fully saturated rings. The Bertz CT molecular complexity index is 690. The van der Waals surface area contributed by atoms with Crippen LogP contribution in [0.2, 0.25) is 0 Å². The van der Waals surface area contributed by atoms with Crippen molar-refractivity contribution in [3.05, 3.63) is 53.1 Å². The summed E-state index contributed by atoms with van der Waals surface area (Å²) in [6, 6.07) is 12.2. The molecule has 2 rings (SSSR count). The predicted octanol–water partition coefficient (Wildman–Crippen LogP) is 4.89. The van der Waals surface area contributed by atoms with Crippen LogP contribution in [-0.4, -0.2) is 12.9 Å². The van der Waals surface area contributed by atoms with Gasteiger partial charge >= 0.3 is 0 Å². The summed E-state index contributed by atoms with van der Waals surface area (Å²) in [5, 5.41) is 0. The smallest absolute Gasteiger partial charge is 0.132 e. The number of rotatable bonds is 6. The SMILES string of the molecule is [2H]C(Cc1cc(C)c(C)cc1-c1ccc(OC)cc1)C(=O)CC. The molecule has 2 aromatic rings. The molecule has 0 amide bonds. The zero-order valence-electron chi connectivity index (χ0n) is 14.8. The summed E-state index contributed by atoms with van der Waals surface area (Å²) < 4.78 is 13.3. The highest BCUT2D eigenvalue weighted by atomic mass is 16.5. The molecular weight excluding hydrogens is 272 g/mol. The number of aryl methyl sites for hydroxylation is 3.